The molecule has 0 aromatic carbocycles. The highest BCUT2D eigenvalue weighted by molar-refractivity contribution is 7.45. The van der Waals surface area contributed by atoms with Gasteiger partial charge in [-0.1, -0.05) is 125 Å². The molecule has 0 bridgehead atoms. The number of phosphoric acid groups is 1. The molecule has 0 aliphatic carbocycles. The van der Waals surface area contributed by atoms with Gasteiger partial charge in [-0.15, -0.1) is 0 Å². The van der Waals surface area contributed by atoms with Crippen molar-refractivity contribution < 1.29 is 52.3 Å². The number of ether oxygens (including phenoxy) is 2. The Morgan fingerprint density at radius 1 is 0.638 bits per heavy atom. The van der Waals surface area contributed by atoms with Crippen LogP contribution in [0.2, 0.25) is 0 Å². The summed E-state index contributed by atoms with van der Waals surface area (Å²) >= 11 is 0. The Bertz CT molecular complexity index is 1250. The van der Waals surface area contributed by atoms with Gasteiger partial charge >= 0.3 is 11.9 Å². The van der Waals surface area contributed by atoms with Crippen molar-refractivity contribution in [1.82, 2.24) is 0 Å². The molecular formula is C46H80NO10P. The molecule has 2 N–H and O–H groups in total. The number of esters is 2. The van der Waals surface area contributed by atoms with Gasteiger partial charge in [-0.2, -0.15) is 0 Å². The van der Waals surface area contributed by atoms with Gasteiger partial charge < -0.3 is 38.1 Å². The lowest BCUT2D eigenvalue weighted by molar-refractivity contribution is -0.870. The number of aliphatic hydroxyl groups excluding tert-OH is 2. The van der Waals surface area contributed by atoms with Gasteiger partial charge in [0.05, 0.1) is 40.0 Å². The van der Waals surface area contributed by atoms with E-state index >= 15 is 0 Å². The van der Waals surface area contributed by atoms with E-state index in [-0.39, 0.29) is 26.1 Å². The quantitative estimate of drug-likeness (QED) is 0.0202. The number of allylic oxidation sites excluding steroid dienone is 11. The Balaban J connectivity index is 4.60. The summed E-state index contributed by atoms with van der Waals surface area (Å²) in [4.78, 5) is 37.5. The molecule has 0 saturated heterocycles. The molecule has 0 amide bonds. The zero-order valence-electron chi connectivity index (χ0n) is 36.7. The first kappa shape index (κ1) is 55.4. The average molecular weight is 838 g/mol. The largest absolute Gasteiger partial charge is 0.756 e. The van der Waals surface area contributed by atoms with E-state index in [1.807, 2.05) is 39.4 Å². The maximum Gasteiger partial charge on any atom is 0.306 e. The van der Waals surface area contributed by atoms with Gasteiger partial charge in [-0.3, -0.25) is 14.2 Å². The van der Waals surface area contributed by atoms with Crippen LogP contribution in [-0.4, -0.2) is 92.5 Å². The highest BCUT2D eigenvalue weighted by Crippen LogP contribution is 2.38. The Kier molecular flexibility index (Phi) is 35.7. The molecule has 0 aromatic rings. The molecule has 0 aromatic heterocycles. The SMILES string of the molecule is CC/C=C\C/C=C\C/C=C\C/C=C\C/C=C\CCCC(=O)O[C@H](COC(=O)CCCCCCC[C@@H](O)[C@H](O)C/C=C\CCCCC)COP(=O)([O-])OCC[N+](C)(C)C. The summed E-state index contributed by atoms with van der Waals surface area (Å²) in [5.74, 6) is -1.02. The molecular weight excluding hydrogens is 757 g/mol. The summed E-state index contributed by atoms with van der Waals surface area (Å²) < 4.78 is 33.7. The first-order chi connectivity index (χ1) is 27.8. The number of carbonyl (C=O) groups excluding carboxylic acids is 2. The Hall–Kier alpha value is -2.63. The highest BCUT2D eigenvalue weighted by atomic mass is 31.2. The van der Waals surface area contributed by atoms with Gasteiger partial charge in [0.25, 0.3) is 7.82 Å². The monoisotopic (exact) mass is 838 g/mol. The summed E-state index contributed by atoms with van der Waals surface area (Å²) in [6.45, 7) is 3.78. The average Bonchev–Trinajstić information content (AvgIpc) is 3.17. The number of nitrogens with zero attached hydrogens (tertiary/aromatic N) is 1. The number of carbonyl (C=O) groups is 2. The Morgan fingerprint density at radius 2 is 1.19 bits per heavy atom. The van der Waals surface area contributed by atoms with Gasteiger partial charge in [-0.25, -0.2) is 0 Å². The maximum atomic E-state index is 12.7. The molecule has 0 saturated carbocycles. The number of rotatable bonds is 38. The zero-order valence-corrected chi connectivity index (χ0v) is 37.6. The van der Waals surface area contributed by atoms with E-state index in [0.29, 0.717) is 43.1 Å². The fourth-order valence-electron chi connectivity index (χ4n) is 5.36. The van der Waals surface area contributed by atoms with Gasteiger partial charge in [-0.05, 0) is 77.0 Å². The van der Waals surface area contributed by atoms with Crippen molar-refractivity contribution in [3.05, 3.63) is 72.9 Å². The van der Waals surface area contributed by atoms with E-state index < -0.39 is 44.7 Å². The molecule has 58 heavy (non-hydrogen) atoms. The van der Waals surface area contributed by atoms with Crippen LogP contribution >= 0.6 is 7.82 Å². The molecule has 0 radical (unpaired) electrons. The molecule has 0 aliphatic heterocycles. The van der Waals surface area contributed by atoms with E-state index in [2.05, 4.69) is 68.5 Å². The fourth-order valence-corrected chi connectivity index (χ4v) is 6.09. The second-order valence-electron chi connectivity index (χ2n) is 15.6. The van der Waals surface area contributed by atoms with E-state index in [1.54, 1.807) is 0 Å². The van der Waals surface area contributed by atoms with Crippen LogP contribution in [0.3, 0.4) is 0 Å². The van der Waals surface area contributed by atoms with Crippen LogP contribution in [-0.2, 0) is 32.7 Å². The normalized spacial score (nSPS) is 15.4. The minimum atomic E-state index is -4.68. The van der Waals surface area contributed by atoms with Crippen LogP contribution in [0.5, 0.6) is 0 Å². The molecule has 0 fully saturated rings. The molecule has 0 rings (SSSR count). The number of phosphoric ester groups is 1. The van der Waals surface area contributed by atoms with E-state index in [9.17, 15) is 29.3 Å². The first-order valence-corrected chi connectivity index (χ1v) is 23.3. The minimum absolute atomic E-state index is 0.0705. The molecule has 1 unspecified atom stereocenters. The van der Waals surface area contributed by atoms with Gasteiger partial charge in [0.2, 0.25) is 0 Å². The summed E-state index contributed by atoms with van der Waals surface area (Å²) in [5, 5.41) is 20.4. The summed E-state index contributed by atoms with van der Waals surface area (Å²) in [7, 11) is 1.03. The lowest BCUT2D eigenvalue weighted by atomic mass is 10.0. The molecule has 4 atom stereocenters. The number of quaternary nitrogens is 1. The Morgan fingerprint density at radius 3 is 1.81 bits per heavy atom. The van der Waals surface area contributed by atoms with Crippen molar-refractivity contribution in [1.29, 1.82) is 0 Å². The standard InChI is InChI=1S/C46H80NO10P/c1-6-8-10-12-14-15-16-17-18-19-20-21-22-23-24-28-33-37-46(51)57-42(41-56-58(52,53)55-39-38-47(3,4)5)40-54-45(50)36-32-29-25-27-31-35-44(49)43(48)34-30-26-13-11-9-7-2/h8,10,14-15,17-18,20-21,23-24,26,30,42-44,48-49H,6-7,9,11-13,16,19,22,25,27-29,31-41H2,1-5H3/b10-8-,15-14-,18-17-,21-20-,24-23-,30-26-/t42-,43-,44-/m1/s1. The molecule has 0 aliphatic rings. The summed E-state index contributed by atoms with van der Waals surface area (Å²) in [6, 6.07) is 0. The summed E-state index contributed by atoms with van der Waals surface area (Å²) in [6.07, 6.45) is 38.2. The van der Waals surface area contributed by atoms with Gasteiger partial charge in [0.15, 0.2) is 6.10 Å². The van der Waals surface area contributed by atoms with Gasteiger partial charge in [0, 0.05) is 12.8 Å². The van der Waals surface area contributed by atoms with Crippen molar-refractivity contribution in [2.75, 3.05) is 47.5 Å². The molecule has 11 nitrogen and oxygen atoms in total. The van der Waals surface area contributed by atoms with Crippen LogP contribution in [0.4, 0.5) is 0 Å². The predicted molar refractivity (Wildman–Crippen MR) is 234 cm³/mol. The number of hydrogen-bond donors (Lipinski definition) is 2. The Labute approximate surface area is 352 Å². The molecule has 334 valence electrons. The lowest BCUT2D eigenvalue weighted by Gasteiger charge is -2.28. The fraction of sp³-hybridized carbons (Fsp3) is 0.696. The topological polar surface area (TPSA) is 152 Å². The molecule has 0 spiro atoms. The molecule has 0 heterocycles. The lowest BCUT2D eigenvalue weighted by Crippen LogP contribution is -2.37. The number of hydrogen-bond acceptors (Lipinski definition) is 10. The van der Waals surface area contributed by atoms with E-state index in [1.165, 1.54) is 12.8 Å². The van der Waals surface area contributed by atoms with E-state index in [4.69, 9.17) is 18.5 Å². The molecule has 12 heteroatoms. The second kappa shape index (κ2) is 37.4. The van der Waals surface area contributed by atoms with E-state index in [0.717, 1.165) is 70.6 Å². The first-order valence-electron chi connectivity index (χ1n) is 21.8. The van der Waals surface area contributed by atoms with Crippen molar-refractivity contribution >= 4 is 19.8 Å². The van der Waals surface area contributed by atoms with Crippen LogP contribution in [0.15, 0.2) is 72.9 Å². The zero-order chi connectivity index (χ0) is 43.2. The second-order valence-corrected chi connectivity index (χ2v) is 17.0. The van der Waals surface area contributed by atoms with Crippen LogP contribution in [0, 0.1) is 0 Å². The number of likely N-dealkylation sites (N-methyl/N-ethyl adjacent to an activating group) is 1. The van der Waals surface area contributed by atoms with Crippen LogP contribution < -0.4 is 4.89 Å². The number of aliphatic hydroxyl groups is 2. The van der Waals surface area contributed by atoms with Crippen molar-refractivity contribution in [3.8, 4) is 0 Å². The van der Waals surface area contributed by atoms with Crippen LogP contribution in [0.25, 0.3) is 0 Å². The van der Waals surface area contributed by atoms with Crippen molar-refractivity contribution in [2.24, 2.45) is 0 Å². The van der Waals surface area contributed by atoms with Gasteiger partial charge in [0.1, 0.15) is 19.8 Å². The summed E-state index contributed by atoms with van der Waals surface area (Å²) in [5.41, 5.74) is 0. The minimum Gasteiger partial charge on any atom is -0.756 e. The third-order valence-electron chi connectivity index (χ3n) is 8.91. The van der Waals surface area contributed by atoms with Crippen molar-refractivity contribution in [2.45, 2.75) is 161 Å². The smallest absolute Gasteiger partial charge is 0.306 e. The number of unbranched alkanes of at least 4 members (excludes halogenated alkanes) is 8. The predicted octanol–water partition coefficient (Wildman–Crippen LogP) is 9.55. The third-order valence-corrected chi connectivity index (χ3v) is 9.88. The maximum absolute atomic E-state index is 12.7. The third kappa shape index (κ3) is 38.9. The van der Waals surface area contributed by atoms with Crippen molar-refractivity contribution in [3.63, 3.8) is 0 Å². The highest BCUT2D eigenvalue weighted by Gasteiger charge is 2.22. The van der Waals surface area contributed by atoms with Crippen LogP contribution in [0.1, 0.15) is 142 Å².